The number of allylic oxidation sites excluding steroid dienone is 18. The van der Waals surface area contributed by atoms with Crippen LogP contribution < -0.4 is 5.73 Å². The Bertz CT molecular complexity index is 1860. The number of carbonyl (C=O) groups is 2. The Morgan fingerprint density at radius 2 is 0.604 bits per heavy atom. The third kappa shape index (κ3) is 75.6. The number of rotatable bonds is 72. The van der Waals surface area contributed by atoms with Crippen LogP contribution in [0.15, 0.2) is 109 Å². The van der Waals surface area contributed by atoms with Crippen molar-refractivity contribution in [1.82, 2.24) is 0 Å². The monoisotopic (exact) mass is 1290 g/mol. The molecule has 2 atom stereocenters. The number of carbonyl (C=O) groups excluding carboxylic acids is 2. The van der Waals surface area contributed by atoms with Crippen molar-refractivity contribution < 1.29 is 37.6 Å². The van der Waals surface area contributed by atoms with Crippen LogP contribution in [0.4, 0.5) is 0 Å². The molecule has 91 heavy (non-hydrogen) atoms. The van der Waals surface area contributed by atoms with Gasteiger partial charge in [-0.2, -0.15) is 0 Å². The van der Waals surface area contributed by atoms with E-state index in [0.717, 1.165) is 89.9 Å². The quantitative estimate of drug-likeness (QED) is 0.0264. The fraction of sp³-hybridized carbons (Fsp3) is 0.753. The van der Waals surface area contributed by atoms with Gasteiger partial charge in [0.05, 0.1) is 13.2 Å². The zero-order valence-electron chi connectivity index (χ0n) is 59.3. The van der Waals surface area contributed by atoms with Crippen molar-refractivity contribution in [2.24, 2.45) is 5.73 Å². The van der Waals surface area contributed by atoms with Gasteiger partial charge in [-0.25, -0.2) is 4.57 Å². The second-order valence-electron chi connectivity index (χ2n) is 25.5. The van der Waals surface area contributed by atoms with Crippen molar-refractivity contribution in [3.05, 3.63) is 109 Å². The molecule has 0 saturated carbocycles. The van der Waals surface area contributed by atoms with E-state index in [1.165, 1.54) is 238 Å². The Hall–Kier alpha value is -3.33. The lowest BCUT2D eigenvalue weighted by molar-refractivity contribution is -0.161. The molecule has 0 rings (SSSR count). The van der Waals surface area contributed by atoms with Gasteiger partial charge < -0.3 is 20.1 Å². The SMILES string of the molecule is CC/C=C\C/C=C\C/C=C\C/C=C\C/C=C\C/C=C\CCCCCCCCCCCCCCCCCCCCCCC(=O)OC(COC(=O)CCCCCCCCCCCCCCCCCC/C=C\C/C=C\C/C=C\CCCCCCC)COP(=O)(O)OCCN. The van der Waals surface area contributed by atoms with E-state index in [4.69, 9.17) is 24.3 Å². The number of hydrogen-bond donors (Lipinski definition) is 2. The number of phosphoric acid groups is 1. The Labute approximate surface area is 562 Å². The molecular weight excluding hydrogens is 1150 g/mol. The number of unbranched alkanes of at least 4 members (excludes halogenated alkanes) is 41. The Morgan fingerprint density at radius 3 is 0.901 bits per heavy atom. The van der Waals surface area contributed by atoms with E-state index in [2.05, 4.69) is 123 Å². The highest BCUT2D eigenvalue weighted by atomic mass is 31.2. The van der Waals surface area contributed by atoms with Crippen LogP contribution in [0, 0.1) is 0 Å². The third-order valence-corrected chi connectivity index (χ3v) is 17.6. The molecule has 526 valence electrons. The van der Waals surface area contributed by atoms with Crippen molar-refractivity contribution >= 4 is 19.8 Å². The van der Waals surface area contributed by atoms with Gasteiger partial charge in [0.2, 0.25) is 0 Å². The van der Waals surface area contributed by atoms with Gasteiger partial charge >= 0.3 is 19.8 Å². The van der Waals surface area contributed by atoms with Crippen molar-refractivity contribution in [3.63, 3.8) is 0 Å². The molecule has 0 aliphatic heterocycles. The smallest absolute Gasteiger partial charge is 0.462 e. The average Bonchev–Trinajstić information content (AvgIpc) is 3.71. The first-order valence-corrected chi connectivity index (χ1v) is 39.9. The summed E-state index contributed by atoms with van der Waals surface area (Å²) in [5.41, 5.74) is 5.41. The molecule has 0 bridgehead atoms. The van der Waals surface area contributed by atoms with E-state index < -0.39 is 26.5 Å². The molecule has 2 unspecified atom stereocenters. The molecule has 10 heteroatoms. The summed E-state index contributed by atoms with van der Waals surface area (Å²) in [7, 11) is -4.40. The van der Waals surface area contributed by atoms with Crippen LogP contribution in [0.2, 0.25) is 0 Å². The summed E-state index contributed by atoms with van der Waals surface area (Å²) >= 11 is 0. The minimum atomic E-state index is -4.40. The molecule has 0 aliphatic carbocycles. The fourth-order valence-electron chi connectivity index (χ4n) is 11.0. The van der Waals surface area contributed by atoms with Crippen LogP contribution in [-0.2, 0) is 32.7 Å². The average molecular weight is 1290 g/mol. The standard InChI is InChI=1S/C81H144NO8P/c1-3-5-7-9-11-13-15-17-19-21-23-25-27-29-31-33-35-36-37-38-39-40-41-42-44-46-48-50-52-54-56-58-60-62-64-66-68-70-72-74-81(84)90-79(78-89-91(85,86)88-76-75-82)77-87-80(83)73-71-69-67-65-63-61-59-57-55-53-51-49-47-45-43-34-32-30-28-26-24-22-20-18-16-14-12-10-8-6-4-2/h5,7,11,13,16-19,22-25,28-31,35-36,79H,3-4,6,8-10,12,14-15,20-21,26-27,32-34,37-78,82H2,1-2H3,(H,85,86)/b7-5-,13-11-,18-16-,19-17-,24-22-,25-23-,30-28-,31-29-,36-35-. The molecule has 9 nitrogen and oxygen atoms in total. The van der Waals surface area contributed by atoms with Gasteiger partial charge in [-0.05, 0) is 103 Å². The van der Waals surface area contributed by atoms with Gasteiger partial charge in [-0.1, -0.05) is 354 Å². The lowest BCUT2D eigenvalue weighted by Gasteiger charge is -2.19. The number of hydrogen-bond acceptors (Lipinski definition) is 8. The molecule has 0 aliphatic rings. The van der Waals surface area contributed by atoms with Gasteiger partial charge in [0, 0.05) is 19.4 Å². The van der Waals surface area contributed by atoms with E-state index in [0.29, 0.717) is 6.42 Å². The number of ether oxygens (including phenoxy) is 2. The van der Waals surface area contributed by atoms with E-state index in [1.54, 1.807) is 0 Å². The van der Waals surface area contributed by atoms with Crippen LogP contribution in [0.25, 0.3) is 0 Å². The number of nitrogens with two attached hydrogens (primary N) is 1. The van der Waals surface area contributed by atoms with Crippen LogP contribution in [-0.4, -0.2) is 49.3 Å². The molecule has 0 heterocycles. The maximum absolute atomic E-state index is 12.8. The topological polar surface area (TPSA) is 134 Å². The highest BCUT2D eigenvalue weighted by Crippen LogP contribution is 2.43. The second-order valence-corrected chi connectivity index (χ2v) is 26.9. The zero-order chi connectivity index (χ0) is 65.8. The lowest BCUT2D eigenvalue weighted by Crippen LogP contribution is -2.29. The second kappa shape index (κ2) is 75.7. The predicted molar refractivity (Wildman–Crippen MR) is 395 cm³/mol. The van der Waals surface area contributed by atoms with Gasteiger partial charge in [0.15, 0.2) is 6.10 Å². The molecule has 0 radical (unpaired) electrons. The number of esters is 2. The van der Waals surface area contributed by atoms with Crippen molar-refractivity contribution in [1.29, 1.82) is 0 Å². The molecule has 0 aromatic heterocycles. The largest absolute Gasteiger partial charge is 0.472 e. The molecule has 0 fully saturated rings. The van der Waals surface area contributed by atoms with Crippen LogP contribution in [0.1, 0.15) is 361 Å². The van der Waals surface area contributed by atoms with E-state index in [1.807, 2.05) is 0 Å². The summed E-state index contributed by atoms with van der Waals surface area (Å²) in [6.07, 6.45) is 105. The summed E-state index contributed by atoms with van der Waals surface area (Å²) < 4.78 is 33.3. The summed E-state index contributed by atoms with van der Waals surface area (Å²) in [6, 6.07) is 0. The van der Waals surface area contributed by atoms with Crippen molar-refractivity contribution in [3.8, 4) is 0 Å². The summed E-state index contributed by atoms with van der Waals surface area (Å²) in [5.74, 6) is -0.814. The molecule has 0 amide bonds. The molecule has 3 N–H and O–H groups in total. The first-order valence-electron chi connectivity index (χ1n) is 38.4. The zero-order valence-corrected chi connectivity index (χ0v) is 60.2. The van der Waals surface area contributed by atoms with Crippen molar-refractivity contribution in [2.45, 2.75) is 367 Å². The van der Waals surface area contributed by atoms with Crippen molar-refractivity contribution in [2.75, 3.05) is 26.4 Å². The first kappa shape index (κ1) is 87.7. The highest BCUT2D eigenvalue weighted by Gasteiger charge is 2.26. The number of phosphoric ester groups is 1. The Balaban J connectivity index is 3.82. The Morgan fingerprint density at radius 1 is 0.341 bits per heavy atom. The maximum Gasteiger partial charge on any atom is 0.472 e. The first-order chi connectivity index (χ1) is 44.8. The van der Waals surface area contributed by atoms with E-state index >= 15 is 0 Å². The molecular formula is C81H144NO8P. The molecule has 0 aromatic rings. The lowest BCUT2D eigenvalue weighted by atomic mass is 10.0. The van der Waals surface area contributed by atoms with Crippen LogP contribution >= 0.6 is 7.82 Å². The maximum atomic E-state index is 12.8. The normalized spacial score (nSPS) is 13.5. The minimum absolute atomic E-state index is 0.0522. The third-order valence-electron chi connectivity index (χ3n) is 16.6. The van der Waals surface area contributed by atoms with Crippen LogP contribution in [0.5, 0.6) is 0 Å². The highest BCUT2D eigenvalue weighted by molar-refractivity contribution is 7.47. The van der Waals surface area contributed by atoms with Gasteiger partial charge in [-0.3, -0.25) is 18.6 Å². The molecule has 0 saturated heterocycles. The van der Waals surface area contributed by atoms with E-state index in [9.17, 15) is 19.0 Å². The predicted octanol–water partition coefficient (Wildman–Crippen LogP) is 25.6. The summed E-state index contributed by atoms with van der Waals surface area (Å²) in [5, 5.41) is 0. The van der Waals surface area contributed by atoms with Gasteiger partial charge in [0.1, 0.15) is 6.61 Å². The van der Waals surface area contributed by atoms with Crippen LogP contribution in [0.3, 0.4) is 0 Å². The fourth-order valence-corrected chi connectivity index (χ4v) is 11.8. The molecule has 0 aromatic carbocycles. The summed E-state index contributed by atoms with van der Waals surface area (Å²) in [6.45, 7) is 3.66. The summed E-state index contributed by atoms with van der Waals surface area (Å²) in [4.78, 5) is 35.4. The minimum Gasteiger partial charge on any atom is -0.462 e. The Kier molecular flexibility index (Phi) is 72.9. The van der Waals surface area contributed by atoms with Gasteiger partial charge in [-0.15, -0.1) is 0 Å². The van der Waals surface area contributed by atoms with E-state index in [-0.39, 0.29) is 38.6 Å². The molecule has 0 spiro atoms. The van der Waals surface area contributed by atoms with Gasteiger partial charge in [0.25, 0.3) is 0 Å².